The Bertz CT molecular complexity index is 1570. The number of aromatic nitrogens is 2. The second-order valence-corrected chi connectivity index (χ2v) is 12.9. The quantitative estimate of drug-likeness (QED) is 0.351. The Morgan fingerprint density at radius 3 is 2.53 bits per heavy atom. The SMILES string of the molecule is CC(C)(C[C@H](Cc1nc(S(C)(=O)=O)ccc1F)c1ccccc1-c1noc2cc(F)ccc12)S(N)=O. The molecule has 11 heteroatoms. The van der Waals surface area contributed by atoms with Crippen molar-refractivity contribution in [3.8, 4) is 11.3 Å². The highest BCUT2D eigenvalue weighted by Gasteiger charge is 2.32. The Morgan fingerprint density at radius 1 is 1.11 bits per heavy atom. The van der Waals surface area contributed by atoms with E-state index in [1.807, 2.05) is 12.1 Å². The summed E-state index contributed by atoms with van der Waals surface area (Å²) in [6, 6.07) is 13.6. The van der Waals surface area contributed by atoms with E-state index >= 15 is 0 Å². The maximum Gasteiger partial charge on any atom is 0.192 e. The van der Waals surface area contributed by atoms with Gasteiger partial charge < -0.3 is 4.52 Å². The third-order valence-electron chi connectivity index (χ3n) is 6.09. The number of pyridine rings is 1. The van der Waals surface area contributed by atoms with Gasteiger partial charge in [-0.3, -0.25) is 5.14 Å². The standard InChI is InChI=1S/C25H25F2N3O4S2/c1-25(2,35(28)31)14-15(12-21-20(27)10-11-23(29-21)36(3,32)33)17-6-4-5-7-18(17)24-19-9-8-16(26)13-22(19)34-30-24/h4-11,13,15H,12,14,28H2,1-3H3/t15-,35?/m0/s1. The predicted octanol–water partition coefficient (Wildman–Crippen LogP) is 4.69. The molecule has 4 aromatic rings. The summed E-state index contributed by atoms with van der Waals surface area (Å²) in [5.41, 5.74) is 2.08. The molecule has 0 saturated heterocycles. The molecule has 36 heavy (non-hydrogen) atoms. The number of nitrogens with zero attached hydrogens (tertiary/aromatic N) is 2. The molecule has 0 saturated carbocycles. The van der Waals surface area contributed by atoms with Crippen LogP contribution in [-0.2, 0) is 27.2 Å². The Morgan fingerprint density at radius 2 is 1.83 bits per heavy atom. The molecule has 2 N–H and O–H groups in total. The van der Waals surface area contributed by atoms with Crippen LogP contribution in [0.1, 0.15) is 37.4 Å². The second-order valence-electron chi connectivity index (χ2n) is 9.27. The number of nitrogens with two attached hydrogens (primary N) is 1. The van der Waals surface area contributed by atoms with Crippen molar-refractivity contribution >= 4 is 31.8 Å². The van der Waals surface area contributed by atoms with Crippen LogP contribution >= 0.6 is 0 Å². The van der Waals surface area contributed by atoms with Gasteiger partial charge in [-0.05, 0) is 62.4 Å². The van der Waals surface area contributed by atoms with Gasteiger partial charge in [0.1, 0.15) is 17.3 Å². The zero-order valence-corrected chi connectivity index (χ0v) is 21.5. The van der Waals surface area contributed by atoms with Crippen molar-refractivity contribution in [3.63, 3.8) is 0 Å². The summed E-state index contributed by atoms with van der Waals surface area (Å²) in [5, 5.41) is 10.3. The lowest BCUT2D eigenvalue weighted by molar-refractivity contribution is 0.457. The van der Waals surface area contributed by atoms with Gasteiger partial charge in [0.05, 0.1) is 21.4 Å². The topological polar surface area (TPSA) is 116 Å². The van der Waals surface area contributed by atoms with E-state index in [-0.39, 0.29) is 29.1 Å². The summed E-state index contributed by atoms with van der Waals surface area (Å²) in [6.07, 6.45) is 1.28. The van der Waals surface area contributed by atoms with E-state index in [1.165, 1.54) is 12.1 Å². The van der Waals surface area contributed by atoms with Gasteiger partial charge in [0.15, 0.2) is 20.4 Å². The molecule has 190 valence electrons. The van der Waals surface area contributed by atoms with Crippen molar-refractivity contribution in [2.75, 3.05) is 6.26 Å². The molecule has 2 aromatic carbocycles. The van der Waals surface area contributed by atoms with Crippen LogP contribution in [0.2, 0.25) is 0 Å². The van der Waals surface area contributed by atoms with E-state index in [0.717, 1.165) is 24.0 Å². The molecule has 2 atom stereocenters. The minimum Gasteiger partial charge on any atom is -0.356 e. The molecule has 2 aromatic heterocycles. The number of sulfone groups is 1. The number of hydrogen-bond acceptors (Lipinski definition) is 6. The Kier molecular flexibility index (Phi) is 7.09. The minimum atomic E-state index is -3.66. The van der Waals surface area contributed by atoms with Crippen LogP contribution in [-0.4, -0.2) is 33.8 Å². The van der Waals surface area contributed by atoms with Crippen LogP contribution in [0.5, 0.6) is 0 Å². The highest BCUT2D eigenvalue weighted by molar-refractivity contribution is 7.90. The van der Waals surface area contributed by atoms with Gasteiger partial charge in [-0.15, -0.1) is 0 Å². The Hall–Kier alpha value is -3.02. The molecule has 0 aliphatic heterocycles. The molecule has 4 rings (SSSR count). The van der Waals surface area contributed by atoms with E-state index in [9.17, 15) is 21.4 Å². The van der Waals surface area contributed by atoms with E-state index in [0.29, 0.717) is 16.6 Å². The van der Waals surface area contributed by atoms with Crippen molar-refractivity contribution in [2.45, 2.75) is 42.4 Å². The maximum absolute atomic E-state index is 14.8. The summed E-state index contributed by atoms with van der Waals surface area (Å²) in [4.78, 5) is 4.09. The zero-order chi connectivity index (χ0) is 26.3. The lowest BCUT2D eigenvalue weighted by Gasteiger charge is -2.29. The highest BCUT2D eigenvalue weighted by atomic mass is 32.2. The van der Waals surface area contributed by atoms with Crippen LogP contribution in [0, 0.1) is 11.6 Å². The van der Waals surface area contributed by atoms with Gasteiger partial charge >= 0.3 is 0 Å². The fourth-order valence-electron chi connectivity index (χ4n) is 4.19. The molecule has 0 aliphatic rings. The molecular weight excluding hydrogens is 508 g/mol. The summed E-state index contributed by atoms with van der Waals surface area (Å²) < 4.78 is 69.4. The number of halogens is 2. The molecule has 7 nitrogen and oxygen atoms in total. The van der Waals surface area contributed by atoms with Crippen molar-refractivity contribution < 1.29 is 25.9 Å². The monoisotopic (exact) mass is 533 g/mol. The smallest absolute Gasteiger partial charge is 0.192 e. The van der Waals surface area contributed by atoms with Gasteiger partial charge in [0.2, 0.25) is 0 Å². The van der Waals surface area contributed by atoms with Crippen LogP contribution < -0.4 is 5.14 Å². The number of fused-ring (bicyclic) bond motifs is 1. The van der Waals surface area contributed by atoms with Gasteiger partial charge in [-0.25, -0.2) is 26.4 Å². The van der Waals surface area contributed by atoms with E-state index in [2.05, 4.69) is 10.1 Å². The van der Waals surface area contributed by atoms with E-state index in [1.54, 1.807) is 32.0 Å². The first-order valence-corrected chi connectivity index (χ1v) is 14.1. The summed E-state index contributed by atoms with van der Waals surface area (Å²) in [7, 11) is -5.37. The van der Waals surface area contributed by atoms with Crippen molar-refractivity contribution in [2.24, 2.45) is 5.14 Å². The maximum atomic E-state index is 14.8. The van der Waals surface area contributed by atoms with Crippen molar-refractivity contribution in [3.05, 3.63) is 77.5 Å². The average Bonchev–Trinajstić information content (AvgIpc) is 3.21. The molecule has 0 spiro atoms. The molecule has 0 aliphatic carbocycles. The lowest BCUT2D eigenvalue weighted by Crippen LogP contribution is -2.34. The first-order valence-electron chi connectivity index (χ1n) is 11.0. The zero-order valence-electron chi connectivity index (χ0n) is 19.9. The minimum absolute atomic E-state index is 0.0112. The third-order valence-corrected chi connectivity index (χ3v) is 8.33. The predicted molar refractivity (Wildman–Crippen MR) is 134 cm³/mol. The second kappa shape index (κ2) is 9.79. The Balaban J connectivity index is 1.87. The fraction of sp³-hybridized carbons (Fsp3) is 0.280. The van der Waals surface area contributed by atoms with Gasteiger partial charge in [0.25, 0.3) is 0 Å². The summed E-state index contributed by atoms with van der Waals surface area (Å²) in [5.74, 6) is -1.59. The number of hydrogen-bond donors (Lipinski definition) is 1. The van der Waals surface area contributed by atoms with Crippen molar-refractivity contribution in [1.82, 2.24) is 10.1 Å². The number of rotatable bonds is 8. The summed E-state index contributed by atoms with van der Waals surface area (Å²) in [6.45, 7) is 3.48. The first kappa shape index (κ1) is 26.1. The largest absolute Gasteiger partial charge is 0.356 e. The molecule has 0 fully saturated rings. The van der Waals surface area contributed by atoms with Gasteiger partial charge in [0, 0.05) is 23.3 Å². The Labute approximate surface area is 210 Å². The van der Waals surface area contributed by atoms with Crippen LogP contribution in [0.4, 0.5) is 8.78 Å². The normalized spacial score (nSPS) is 14.2. The first-order chi connectivity index (χ1) is 16.9. The molecular formula is C25H25F2N3O4S2. The molecule has 2 heterocycles. The summed E-state index contributed by atoms with van der Waals surface area (Å²) >= 11 is 0. The fourth-order valence-corrected chi connectivity index (χ4v) is 5.15. The van der Waals surface area contributed by atoms with E-state index < -0.39 is 43.1 Å². The molecule has 0 radical (unpaired) electrons. The lowest BCUT2D eigenvalue weighted by atomic mass is 9.83. The average molecular weight is 534 g/mol. The van der Waals surface area contributed by atoms with Crippen molar-refractivity contribution in [1.29, 1.82) is 0 Å². The van der Waals surface area contributed by atoms with Gasteiger partial charge in [-0.1, -0.05) is 29.4 Å². The molecule has 1 unspecified atom stereocenters. The molecule has 0 amide bonds. The molecule has 0 bridgehead atoms. The van der Waals surface area contributed by atoms with Gasteiger partial charge in [-0.2, -0.15) is 0 Å². The van der Waals surface area contributed by atoms with Crippen LogP contribution in [0.3, 0.4) is 0 Å². The van der Waals surface area contributed by atoms with E-state index in [4.69, 9.17) is 9.66 Å². The number of benzene rings is 2. The third kappa shape index (κ3) is 5.37. The van der Waals surface area contributed by atoms with Crippen LogP contribution in [0.25, 0.3) is 22.2 Å². The highest BCUT2D eigenvalue weighted by Crippen LogP contribution is 2.39. The van der Waals surface area contributed by atoms with Crippen LogP contribution in [0.15, 0.2) is 64.1 Å².